The fourth-order valence-corrected chi connectivity index (χ4v) is 4.79. The van der Waals surface area contributed by atoms with Crippen molar-refractivity contribution >= 4 is 5.91 Å². The van der Waals surface area contributed by atoms with Crippen molar-refractivity contribution in [1.29, 1.82) is 0 Å². The molecule has 0 saturated carbocycles. The predicted octanol–water partition coefficient (Wildman–Crippen LogP) is 1.07. The van der Waals surface area contributed by atoms with Gasteiger partial charge in [-0.25, -0.2) is 0 Å². The number of carbonyl (C=O) groups excluding carboxylic acids is 1. The topological polar surface area (TPSA) is 43.8 Å². The van der Waals surface area contributed by atoms with E-state index in [0.717, 1.165) is 19.6 Å². The van der Waals surface area contributed by atoms with Gasteiger partial charge in [0.05, 0.1) is 6.04 Å². The Hall–Kier alpha value is -1.39. The monoisotopic (exact) mass is 286 g/mol. The lowest BCUT2D eigenvalue weighted by Crippen LogP contribution is -2.61. The number of fused-ring (bicyclic) bond motifs is 2. The van der Waals surface area contributed by atoms with E-state index < -0.39 is 0 Å². The Balaban J connectivity index is 1.71. The number of nitrogens with zero attached hydrogens (tertiary/aromatic N) is 2. The van der Waals surface area contributed by atoms with E-state index in [1.807, 2.05) is 11.0 Å². The van der Waals surface area contributed by atoms with Gasteiger partial charge in [0.1, 0.15) is 6.61 Å². The predicted molar refractivity (Wildman–Crippen MR) is 79.9 cm³/mol. The van der Waals surface area contributed by atoms with Gasteiger partial charge in [-0.2, -0.15) is 0 Å². The van der Waals surface area contributed by atoms with Crippen LogP contribution in [-0.4, -0.2) is 59.1 Å². The van der Waals surface area contributed by atoms with Crippen LogP contribution in [0, 0.1) is 5.92 Å². The quantitative estimate of drug-likeness (QED) is 0.884. The van der Waals surface area contributed by atoms with E-state index in [-0.39, 0.29) is 12.5 Å². The van der Waals surface area contributed by atoms with E-state index in [1.165, 1.54) is 18.4 Å². The summed E-state index contributed by atoms with van der Waals surface area (Å²) in [6.07, 6.45) is 2.38. The van der Waals surface area contributed by atoms with Crippen LogP contribution in [0.4, 0.5) is 0 Å². The Labute approximate surface area is 125 Å². The third kappa shape index (κ3) is 2.00. The summed E-state index contributed by atoms with van der Waals surface area (Å²) in [5.41, 5.74) is 1.33. The number of benzene rings is 1. The van der Waals surface area contributed by atoms with Crippen LogP contribution in [0.2, 0.25) is 0 Å². The molecule has 0 unspecified atom stereocenters. The molecule has 112 valence electrons. The molecule has 5 rings (SSSR count). The van der Waals surface area contributed by atoms with E-state index >= 15 is 0 Å². The highest BCUT2D eigenvalue weighted by Crippen LogP contribution is 2.46. The third-order valence-corrected chi connectivity index (χ3v) is 5.68. The van der Waals surface area contributed by atoms with Crippen molar-refractivity contribution in [3.05, 3.63) is 35.9 Å². The first-order valence-electron chi connectivity index (χ1n) is 7.99. The van der Waals surface area contributed by atoms with Crippen molar-refractivity contribution in [3.63, 3.8) is 0 Å². The van der Waals surface area contributed by atoms with Crippen LogP contribution in [-0.2, 0) is 4.79 Å². The Morgan fingerprint density at radius 3 is 2.52 bits per heavy atom. The number of aliphatic hydroxyl groups is 1. The van der Waals surface area contributed by atoms with Crippen molar-refractivity contribution in [3.8, 4) is 0 Å². The third-order valence-electron chi connectivity index (χ3n) is 5.68. The molecule has 0 aliphatic carbocycles. The van der Waals surface area contributed by atoms with Crippen LogP contribution >= 0.6 is 0 Å². The molecule has 2 bridgehead atoms. The fourth-order valence-electron chi connectivity index (χ4n) is 4.79. The van der Waals surface area contributed by atoms with Crippen molar-refractivity contribution in [2.45, 2.75) is 30.8 Å². The fraction of sp³-hybridized carbons (Fsp3) is 0.588. The van der Waals surface area contributed by atoms with Gasteiger partial charge in [0.15, 0.2) is 0 Å². The SMILES string of the molecule is O=C(CO)N1C[C@H](c2ccccc2)[C@@H]2[C@H]1C1CCN2CC1. The van der Waals surface area contributed by atoms with Crippen molar-refractivity contribution in [2.75, 3.05) is 26.2 Å². The second-order valence-corrected chi connectivity index (χ2v) is 6.58. The van der Waals surface area contributed by atoms with Gasteiger partial charge in [0.25, 0.3) is 0 Å². The highest BCUT2D eigenvalue weighted by Gasteiger charge is 2.54. The molecule has 4 heterocycles. The van der Waals surface area contributed by atoms with Gasteiger partial charge in [-0.3, -0.25) is 9.69 Å². The average Bonchev–Trinajstić information content (AvgIpc) is 2.99. The zero-order valence-corrected chi connectivity index (χ0v) is 12.2. The summed E-state index contributed by atoms with van der Waals surface area (Å²) in [6.45, 7) is 2.72. The number of carbonyl (C=O) groups is 1. The van der Waals surface area contributed by atoms with E-state index in [2.05, 4.69) is 29.2 Å². The standard InChI is InChI=1S/C17H22N2O2/c20-11-15(21)19-10-14(12-4-2-1-3-5-12)17-16(19)13-6-8-18(17)9-7-13/h1-5,13-14,16-17,20H,6-11H2/t14-,16-,17-/m1/s1. The molecule has 1 aromatic carbocycles. The van der Waals surface area contributed by atoms with E-state index in [9.17, 15) is 9.90 Å². The minimum Gasteiger partial charge on any atom is -0.387 e. The van der Waals surface area contributed by atoms with Crippen LogP contribution in [0.1, 0.15) is 24.3 Å². The van der Waals surface area contributed by atoms with Gasteiger partial charge in [-0.15, -0.1) is 0 Å². The zero-order valence-electron chi connectivity index (χ0n) is 12.2. The van der Waals surface area contributed by atoms with Gasteiger partial charge in [0.2, 0.25) is 5.91 Å². The molecular formula is C17H22N2O2. The summed E-state index contributed by atoms with van der Waals surface area (Å²) in [7, 11) is 0. The molecule has 1 N–H and O–H groups in total. The van der Waals surface area contributed by atoms with Gasteiger partial charge >= 0.3 is 0 Å². The molecule has 3 atom stereocenters. The molecule has 4 aliphatic rings. The summed E-state index contributed by atoms with van der Waals surface area (Å²) < 4.78 is 0. The highest BCUT2D eigenvalue weighted by molar-refractivity contribution is 5.78. The Morgan fingerprint density at radius 1 is 1.14 bits per heavy atom. The lowest BCUT2D eigenvalue weighted by atomic mass is 9.75. The van der Waals surface area contributed by atoms with Crippen molar-refractivity contribution in [2.24, 2.45) is 5.92 Å². The number of likely N-dealkylation sites (tertiary alicyclic amines) is 1. The van der Waals surface area contributed by atoms with Gasteiger partial charge in [0, 0.05) is 18.5 Å². The molecule has 1 amide bonds. The molecule has 4 fully saturated rings. The summed E-state index contributed by atoms with van der Waals surface area (Å²) in [5, 5.41) is 9.31. The maximum Gasteiger partial charge on any atom is 0.248 e. The normalized spacial score (nSPS) is 37.6. The van der Waals surface area contributed by atoms with Crippen LogP contribution in [0.5, 0.6) is 0 Å². The minimum atomic E-state index is -0.364. The largest absolute Gasteiger partial charge is 0.387 e. The molecular weight excluding hydrogens is 264 g/mol. The van der Waals surface area contributed by atoms with Crippen molar-refractivity contribution < 1.29 is 9.90 Å². The first kappa shape index (κ1) is 13.3. The molecule has 4 aliphatic heterocycles. The Morgan fingerprint density at radius 2 is 1.86 bits per heavy atom. The van der Waals surface area contributed by atoms with E-state index in [4.69, 9.17) is 0 Å². The Kier molecular flexibility index (Phi) is 3.23. The maximum absolute atomic E-state index is 12.2. The summed E-state index contributed by atoms with van der Waals surface area (Å²) in [5.74, 6) is 0.899. The lowest BCUT2D eigenvalue weighted by Gasteiger charge is -2.51. The van der Waals surface area contributed by atoms with Gasteiger partial charge in [-0.05, 0) is 37.4 Å². The summed E-state index contributed by atoms with van der Waals surface area (Å²) in [6, 6.07) is 11.3. The molecule has 1 aromatic rings. The molecule has 0 spiro atoms. The first-order chi connectivity index (χ1) is 10.3. The second-order valence-electron chi connectivity index (χ2n) is 6.58. The Bertz CT molecular complexity index is 525. The van der Waals surface area contributed by atoms with Crippen molar-refractivity contribution in [1.82, 2.24) is 9.80 Å². The minimum absolute atomic E-state index is 0.0998. The molecule has 21 heavy (non-hydrogen) atoms. The van der Waals surface area contributed by atoms with Crippen LogP contribution in [0.3, 0.4) is 0 Å². The number of hydrogen-bond donors (Lipinski definition) is 1. The summed E-state index contributed by atoms with van der Waals surface area (Å²) in [4.78, 5) is 16.7. The zero-order chi connectivity index (χ0) is 14.4. The van der Waals surface area contributed by atoms with Crippen LogP contribution < -0.4 is 0 Å². The lowest BCUT2D eigenvalue weighted by molar-refractivity contribution is -0.138. The summed E-state index contributed by atoms with van der Waals surface area (Å²) >= 11 is 0. The molecule has 4 saturated heterocycles. The van der Waals surface area contributed by atoms with Crippen LogP contribution in [0.15, 0.2) is 30.3 Å². The number of aliphatic hydroxyl groups excluding tert-OH is 1. The van der Waals surface area contributed by atoms with E-state index in [0.29, 0.717) is 23.9 Å². The molecule has 0 radical (unpaired) electrons. The highest BCUT2D eigenvalue weighted by atomic mass is 16.3. The maximum atomic E-state index is 12.2. The smallest absolute Gasteiger partial charge is 0.248 e. The van der Waals surface area contributed by atoms with Gasteiger partial charge in [-0.1, -0.05) is 30.3 Å². The van der Waals surface area contributed by atoms with Crippen LogP contribution in [0.25, 0.3) is 0 Å². The number of amides is 1. The first-order valence-corrected chi connectivity index (χ1v) is 7.99. The second kappa shape index (κ2) is 5.11. The number of hydrogen-bond acceptors (Lipinski definition) is 3. The average molecular weight is 286 g/mol. The molecule has 4 heteroatoms. The molecule has 0 aromatic heterocycles. The number of piperidine rings is 3. The molecule has 4 nitrogen and oxygen atoms in total. The van der Waals surface area contributed by atoms with Gasteiger partial charge < -0.3 is 10.0 Å². The number of rotatable bonds is 2. The van der Waals surface area contributed by atoms with E-state index in [1.54, 1.807) is 0 Å².